The van der Waals surface area contributed by atoms with Crippen molar-refractivity contribution in [1.29, 1.82) is 0 Å². The van der Waals surface area contributed by atoms with Gasteiger partial charge in [-0.2, -0.15) is 0 Å². The number of nitrogens with one attached hydrogen (secondary N) is 2. The molecular formula is C28H34N4O12S. The Hall–Kier alpha value is -5.00. The van der Waals surface area contributed by atoms with Crippen molar-refractivity contribution in [1.82, 2.24) is 15.1 Å². The first kappa shape index (κ1) is 36.2. The van der Waals surface area contributed by atoms with E-state index in [1.807, 2.05) is 6.07 Å². The Labute approximate surface area is 262 Å². The van der Waals surface area contributed by atoms with E-state index in [-0.39, 0.29) is 49.3 Å². The van der Waals surface area contributed by atoms with E-state index in [0.29, 0.717) is 5.69 Å². The predicted octanol–water partition coefficient (Wildman–Crippen LogP) is 0.369. The maximum Gasteiger partial charge on any atom is 0.326 e. The molecule has 0 spiro atoms. The van der Waals surface area contributed by atoms with Crippen molar-refractivity contribution in [3.8, 4) is 11.5 Å². The second kappa shape index (κ2) is 18.6. The van der Waals surface area contributed by atoms with Crippen LogP contribution in [-0.2, 0) is 30.4 Å². The van der Waals surface area contributed by atoms with E-state index in [1.165, 1.54) is 18.2 Å². The van der Waals surface area contributed by atoms with Crippen LogP contribution in [0.3, 0.4) is 0 Å². The predicted molar refractivity (Wildman–Crippen MR) is 162 cm³/mol. The van der Waals surface area contributed by atoms with Crippen LogP contribution in [0.5, 0.6) is 11.5 Å². The molecule has 244 valence electrons. The molecule has 0 radical (unpaired) electrons. The number of benzene rings is 2. The van der Waals surface area contributed by atoms with Gasteiger partial charge >= 0.3 is 29.8 Å². The van der Waals surface area contributed by atoms with Crippen molar-refractivity contribution < 1.29 is 59.0 Å². The summed E-state index contributed by atoms with van der Waals surface area (Å²) in [6.07, 6.45) is 0.156. The molecule has 2 rings (SSSR count). The van der Waals surface area contributed by atoms with Crippen molar-refractivity contribution in [2.45, 2.75) is 12.5 Å². The molecule has 16 nitrogen and oxygen atoms in total. The first-order valence-electron chi connectivity index (χ1n) is 13.4. The highest BCUT2D eigenvalue weighted by Gasteiger charge is 2.20. The summed E-state index contributed by atoms with van der Waals surface area (Å²) >= 11 is 5.32. The fraction of sp³-hybridized carbons (Fsp3) is 0.357. The Kier molecular flexibility index (Phi) is 15.0. The number of nitrogens with zero attached hydrogens (tertiary/aromatic N) is 2. The van der Waals surface area contributed by atoms with Crippen molar-refractivity contribution in [2.24, 2.45) is 0 Å². The highest BCUT2D eigenvalue weighted by molar-refractivity contribution is 7.80. The Morgan fingerprint density at radius 3 is 1.67 bits per heavy atom. The van der Waals surface area contributed by atoms with Crippen LogP contribution in [0.25, 0.3) is 0 Å². The summed E-state index contributed by atoms with van der Waals surface area (Å²) < 4.78 is 11.5. The van der Waals surface area contributed by atoms with Gasteiger partial charge < -0.3 is 45.6 Å². The lowest BCUT2D eigenvalue weighted by molar-refractivity contribution is -0.143. The maximum atomic E-state index is 11.8. The number of hydrogen-bond donors (Lipinski definition) is 7. The van der Waals surface area contributed by atoms with Gasteiger partial charge in [-0.1, -0.05) is 30.3 Å². The number of carboxylic acids is 5. The molecule has 45 heavy (non-hydrogen) atoms. The average molecular weight is 651 g/mol. The summed E-state index contributed by atoms with van der Waals surface area (Å²) in [5.41, 5.74) is 1.13. The minimum Gasteiger partial charge on any atom is -0.488 e. The van der Waals surface area contributed by atoms with Gasteiger partial charge in [-0.15, -0.1) is 0 Å². The zero-order chi connectivity index (χ0) is 33.4. The van der Waals surface area contributed by atoms with Crippen molar-refractivity contribution in [3.63, 3.8) is 0 Å². The largest absolute Gasteiger partial charge is 0.488 e. The minimum absolute atomic E-state index is 0.00924. The Bertz CT molecular complexity index is 1310. The van der Waals surface area contributed by atoms with E-state index in [1.54, 1.807) is 24.3 Å². The molecule has 0 unspecified atom stereocenters. The Morgan fingerprint density at radius 2 is 1.20 bits per heavy atom. The zero-order valence-corrected chi connectivity index (χ0v) is 24.8. The summed E-state index contributed by atoms with van der Waals surface area (Å²) in [4.78, 5) is 58.5. The summed E-state index contributed by atoms with van der Waals surface area (Å²) in [5.74, 6) is -5.76. The van der Waals surface area contributed by atoms with Crippen LogP contribution in [0.2, 0.25) is 0 Å². The van der Waals surface area contributed by atoms with Gasteiger partial charge in [0, 0.05) is 31.3 Å². The van der Waals surface area contributed by atoms with E-state index in [4.69, 9.17) is 42.1 Å². The molecule has 0 aliphatic heterocycles. The number of rotatable bonds is 21. The smallest absolute Gasteiger partial charge is 0.326 e. The van der Waals surface area contributed by atoms with Crippen molar-refractivity contribution in [3.05, 3.63) is 54.1 Å². The molecule has 0 bridgehead atoms. The minimum atomic E-state index is -1.23. The Morgan fingerprint density at radius 1 is 0.711 bits per heavy atom. The van der Waals surface area contributed by atoms with Gasteiger partial charge in [0.05, 0.1) is 26.2 Å². The number of ether oxygens (including phenoxy) is 2. The number of thiocarbonyl (C=S) groups is 1. The lowest BCUT2D eigenvalue weighted by atomic mass is 10.1. The van der Waals surface area contributed by atoms with Gasteiger partial charge in [0.1, 0.15) is 19.3 Å². The number of carbonyl (C=O) groups is 5. The molecule has 17 heteroatoms. The first-order valence-corrected chi connectivity index (χ1v) is 13.8. The van der Waals surface area contributed by atoms with Crippen molar-refractivity contribution in [2.75, 3.05) is 57.8 Å². The van der Waals surface area contributed by atoms with E-state index in [2.05, 4.69) is 10.6 Å². The van der Waals surface area contributed by atoms with Gasteiger partial charge in [0.15, 0.2) is 16.6 Å². The SMILES string of the molecule is O=C(O)CN(CCOc1ccc(NC(=S)N[C@@H](Cc2ccccc2)C(=O)O)cc1OCCN(CC(=O)O)CC(=O)O)CC(=O)O. The highest BCUT2D eigenvalue weighted by Crippen LogP contribution is 2.31. The quantitative estimate of drug-likeness (QED) is 0.0904. The topological polar surface area (TPSA) is 235 Å². The normalized spacial score (nSPS) is 11.4. The van der Waals surface area contributed by atoms with E-state index in [0.717, 1.165) is 15.4 Å². The Balaban J connectivity index is 2.17. The average Bonchev–Trinajstić information content (AvgIpc) is 2.93. The third kappa shape index (κ3) is 14.8. The summed E-state index contributed by atoms with van der Waals surface area (Å²) in [6.45, 7) is -2.59. The lowest BCUT2D eigenvalue weighted by Gasteiger charge is -2.21. The molecule has 0 saturated carbocycles. The fourth-order valence-electron chi connectivity index (χ4n) is 3.96. The molecule has 0 aromatic heterocycles. The molecule has 2 aromatic rings. The van der Waals surface area contributed by atoms with Gasteiger partial charge in [-0.3, -0.25) is 29.0 Å². The molecule has 1 atom stereocenters. The van der Waals surface area contributed by atoms with Crippen LogP contribution in [0.4, 0.5) is 5.69 Å². The van der Waals surface area contributed by atoms with Gasteiger partial charge in [-0.05, 0) is 29.9 Å². The van der Waals surface area contributed by atoms with E-state index in [9.17, 15) is 29.1 Å². The van der Waals surface area contributed by atoms with Crippen LogP contribution in [-0.4, -0.2) is 129 Å². The van der Waals surface area contributed by atoms with Crippen LogP contribution in [0.1, 0.15) is 5.56 Å². The molecule has 0 amide bonds. The number of carboxylic acid groups (broad SMARTS) is 5. The zero-order valence-electron chi connectivity index (χ0n) is 24.0. The van der Waals surface area contributed by atoms with E-state index < -0.39 is 62.1 Å². The molecular weight excluding hydrogens is 616 g/mol. The lowest BCUT2D eigenvalue weighted by Crippen LogP contribution is -2.44. The van der Waals surface area contributed by atoms with Crippen LogP contribution >= 0.6 is 12.2 Å². The van der Waals surface area contributed by atoms with Crippen molar-refractivity contribution >= 4 is 52.9 Å². The fourth-order valence-corrected chi connectivity index (χ4v) is 4.22. The number of hydrogen-bond acceptors (Lipinski definition) is 10. The maximum absolute atomic E-state index is 11.8. The third-order valence-corrected chi connectivity index (χ3v) is 6.07. The van der Waals surface area contributed by atoms with Crippen LogP contribution < -0.4 is 20.1 Å². The molecule has 2 aromatic carbocycles. The molecule has 7 N–H and O–H groups in total. The van der Waals surface area contributed by atoms with E-state index >= 15 is 0 Å². The van der Waals surface area contributed by atoms with Crippen LogP contribution in [0.15, 0.2) is 48.5 Å². The molecule has 0 aliphatic rings. The molecule has 0 fully saturated rings. The third-order valence-electron chi connectivity index (χ3n) is 5.85. The van der Waals surface area contributed by atoms with Gasteiger partial charge in [0.25, 0.3) is 0 Å². The molecule has 0 aliphatic carbocycles. The number of anilines is 1. The van der Waals surface area contributed by atoms with Gasteiger partial charge in [0.2, 0.25) is 0 Å². The van der Waals surface area contributed by atoms with Crippen LogP contribution in [0, 0.1) is 0 Å². The number of aliphatic carboxylic acids is 5. The highest BCUT2D eigenvalue weighted by atomic mass is 32.1. The second-order valence-corrected chi connectivity index (χ2v) is 9.94. The standard InChI is InChI=1S/C28H34N4O12S/c33-23(34)14-31(15-24(35)36)8-10-43-21-7-6-19(13-22(21)44-11-9-32(16-25(37)38)17-26(39)40)29-28(45)30-20(27(41)42)12-18-4-2-1-3-5-18/h1-7,13,20H,8-12,14-17H2,(H,33,34)(H,35,36)(H,37,38)(H,39,40)(H,41,42)(H2,29,30,45)/t20-/m0/s1. The summed E-state index contributed by atoms with van der Waals surface area (Å²) in [5, 5.41) is 51.5. The molecule has 0 heterocycles. The monoisotopic (exact) mass is 650 g/mol. The second-order valence-electron chi connectivity index (χ2n) is 9.53. The summed E-state index contributed by atoms with van der Waals surface area (Å²) in [7, 11) is 0. The first-order chi connectivity index (χ1) is 21.3. The summed E-state index contributed by atoms with van der Waals surface area (Å²) in [6, 6.07) is 12.4. The molecule has 0 saturated heterocycles. The van der Waals surface area contributed by atoms with Gasteiger partial charge in [-0.25, -0.2) is 4.79 Å².